The van der Waals surface area contributed by atoms with Gasteiger partial charge in [0, 0.05) is 5.56 Å². The Morgan fingerprint density at radius 3 is 2.88 bits per heavy atom. The summed E-state index contributed by atoms with van der Waals surface area (Å²) in [6.07, 6.45) is 1.90. The Morgan fingerprint density at radius 2 is 2.19 bits per heavy atom. The highest BCUT2D eigenvalue weighted by molar-refractivity contribution is 7.71. The first-order valence-corrected chi connectivity index (χ1v) is 9.33. The van der Waals surface area contributed by atoms with Crippen LogP contribution in [0.1, 0.15) is 19.8 Å². The number of benzene rings is 1. The molecule has 1 fully saturated rings. The first kappa shape index (κ1) is 18.6. The second-order valence-electron chi connectivity index (χ2n) is 6.46. The quantitative estimate of drug-likeness (QED) is 0.589. The summed E-state index contributed by atoms with van der Waals surface area (Å²) in [4.78, 5) is 17.8. The highest BCUT2D eigenvalue weighted by Crippen LogP contribution is 2.19. The average Bonchev–Trinajstić information content (AvgIpc) is 3.03. The molecule has 140 valence electrons. The number of carbonyl (C=O) groups excluding carboxylic acids is 1. The summed E-state index contributed by atoms with van der Waals surface area (Å²) in [5.41, 5.74) is 0.952. The van der Waals surface area contributed by atoms with Crippen molar-refractivity contribution in [3.8, 4) is 17.1 Å². The molecule has 8 heteroatoms. The molecule has 3 rings (SSSR count). The van der Waals surface area contributed by atoms with Crippen molar-refractivity contribution in [1.82, 2.24) is 14.8 Å². The van der Waals surface area contributed by atoms with E-state index in [1.165, 1.54) is 4.90 Å². The lowest BCUT2D eigenvalue weighted by atomic mass is 9.99. The number of aromatic nitrogens is 3. The Hall–Kier alpha value is -2.19. The predicted molar refractivity (Wildman–Crippen MR) is 99.5 cm³/mol. The van der Waals surface area contributed by atoms with E-state index in [-0.39, 0.29) is 11.9 Å². The molecular weight excluding hydrogens is 352 g/mol. The molecule has 1 saturated heterocycles. The van der Waals surface area contributed by atoms with Gasteiger partial charge in [-0.2, -0.15) is 4.98 Å². The zero-order valence-electron chi connectivity index (χ0n) is 15.2. The Balaban J connectivity index is 1.69. The van der Waals surface area contributed by atoms with Crippen LogP contribution >= 0.6 is 12.2 Å². The van der Waals surface area contributed by atoms with Crippen LogP contribution in [0.15, 0.2) is 24.3 Å². The molecule has 0 bridgehead atoms. The molecule has 0 amide bonds. The number of hydrogen-bond donors (Lipinski definition) is 2. The number of methoxy groups -OCH3 is 1. The van der Waals surface area contributed by atoms with Gasteiger partial charge in [0.1, 0.15) is 11.7 Å². The van der Waals surface area contributed by atoms with E-state index in [0.717, 1.165) is 43.1 Å². The summed E-state index contributed by atoms with van der Waals surface area (Å²) < 4.78 is 12.7. The largest absolute Gasteiger partial charge is 0.497 e. The molecule has 0 spiro atoms. The Kier molecular flexibility index (Phi) is 6.05. The second-order valence-corrected chi connectivity index (χ2v) is 6.83. The van der Waals surface area contributed by atoms with Crippen LogP contribution in [-0.4, -0.2) is 47.5 Å². The fourth-order valence-corrected chi connectivity index (χ4v) is 3.52. The monoisotopic (exact) mass is 377 g/mol. The van der Waals surface area contributed by atoms with Crippen LogP contribution in [0.5, 0.6) is 5.75 Å². The number of esters is 1. The Labute approximate surface area is 157 Å². The molecule has 1 unspecified atom stereocenters. The standard InChI is InChI=1S/C18H24N4O3S/c1-3-25-17(23)14-5-4-10-21(11-14)12-22-18(26)19-16(20-22)13-6-8-15(24-2)9-7-13/h6-9,14H,3-5,10-12H2,1-2H3,(H,19,20,26)/p+1/t14-/m0/s1. The summed E-state index contributed by atoms with van der Waals surface area (Å²) in [7, 11) is 1.64. The summed E-state index contributed by atoms with van der Waals surface area (Å²) >= 11 is 5.40. The number of carbonyl (C=O) groups is 1. The van der Waals surface area contributed by atoms with E-state index < -0.39 is 0 Å². The molecule has 2 N–H and O–H groups in total. The van der Waals surface area contributed by atoms with Gasteiger partial charge in [-0.05, 0) is 56.2 Å². The van der Waals surface area contributed by atoms with Gasteiger partial charge in [0.2, 0.25) is 4.77 Å². The summed E-state index contributed by atoms with van der Waals surface area (Å²) in [5, 5.41) is 3.28. The number of rotatable bonds is 6. The van der Waals surface area contributed by atoms with Crippen molar-refractivity contribution in [2.45, 2.75) is 26.4 Å². The lowest BCUT2D eigenvalue weighted by Gasteiger charge is -2.28. The van der Waals surface area contributed by atoms with Crippen molar-refractivity contribution in [1.29, 1.82) is 0 Å². The highest BCUT2D eigenvalue weighted by atomic mass is 32.1. The highest BCUT2D eigenvalue weighted by Gasteiger charge is 2.30. The smallest absolute Gasteiger partial charge is 0.314 e. The van der Waals surface area contributed by atoms with Crippen molar-refractivity contribution in [3.63, 3.8) is 0 Å². The number of aromatic amines is 1. The maximum absolute atomic E-state index is 12.0. The number of nitrogens with zero attached hydrogens (tertiary/aromatic N) is 2. The third kappa shape index (κ3) is 4.31. The van der Waals surface area contributed by atoms with E-state index >= 15 is 0 Å². The number of piperidine rings is 1. The number of hydrogen-bond acceptors (Lipinski definition) is 5. The molecule has 0 saturated carbocycles. The van der Waals surface area contributed by atoms with E-state index in [9.17, 15) is 4.79 Å². The van der Waals surface area contributed by atoms with Gasteiger partial charge in [0.15, 0.2) is 12.5 Å². The Bertz CT molecular complexity index is 800. The SMILES string of the molecule is CCOC(=O)[C@H]1CCC[NH+](Cn2[nH]c(-c3ccc(OC)cc3)nc2=S)C1. The molecule has 1 aliphatic rings. The zero-order chi connectivity index (χ0) is 18.5. The molecule has 0 aliphatic carbocycles. The second kappa shape index (κ2) is 8.46. The van der Waals surface area contributed by atoms with Crippen molar-refractivity contribution in [2.75, 3.05) is 26.8 Å². The summed E-state index contributed by atoms with van der Waals surface area (Å²) in [6.45, 7) is 4.71. The van der Waals surface area contributed by atoms with Gasteiger partial charge in [0.25, 0.3) is 0 Å². The van der Waals surface area contributed by atoms with Gasteiger partial charge >= 0.3 is 5.97 Å². The number of H-pyrrole nitrogens is 1. The molecule has 26 heavy (non-hydrogen) atoms. The van der Waals surface area contributed by atoms with Gasteiger partial charge in [-0.25, -0.2) is 4.68 Å². The first-order chi connectivity index (χ1) is 12.6. The molecule has 2 atom stereocenters. The molecular formula is C18H25N4O3S+. The van der Waals surface area contributed by atoms with E-state index in [4.69, 9.17) is 21.7 Å². The topological polar surface area (TPSA) is 73.6 Å². The van der Waals surface area contributed by atoms with Crippen LogP contribution in [0.25, 0.3) is 11.4 Å². The summed E-state index contributed by atoms with van der Waals surface area (Å²) in [6, 6.07) is 7.68. The maximum atomic E-state index is 12.0. The number of ether oxygens (including phenoxy) is 2. The number of likely N-dealkylation sites (tertiary alicyclic amines) is 1. The predicted octanol–water partition coefficient (Wildman–Crippen LogP) is 1.43. The normalized spacial score (nSPS) is 19.9. The zero-order valence-corrected chi connectivity index (χ0v) is 16.0. The summed E-state index contributed by atoms with van der Waals surface area (Å²) in [5.74, 6) is 1.42. The average molecular weight is 377 g/mol. The third-order valence-corrected chi connectivity index (χ3v) is 4.97. The molecule has 7 nitrogen and oxygen atoms in total. The van der Waals surface area contributed by atoms with E-state index in [0.29, 0.717) is 18.0 Å². The maximum Gasteiger partial charge on any atom is 0.314 e. The minimum absolute atomic E-state index is 0.0307. The van der Waals surface area contributed by atoms with Crippen molar-refractivity contribution >= 4 is 18.2 Å². The number of nitrogens with one attached hydrogen (secondary N) is 2. The minimum Gasteiger partial charge on any atom is -0.497 e. The van der Waals surface area contributed by atoms with Crippen LogP contribution in [0.3, 0.4) is 0 Å². The lowest BCUT2D eigenvalue weighted by Crippen LogP contribution is -3.13. The fourth-order valence-electron chi connectivity index (χ4n) is 3.32. The number of quaternary nitrogens is 1. The van der Waals surface area contributed by atoms with Gasteiger partial charge in [-0.15, -0.1) is 0 Å². The van der Waals surface area contributed by atoms with Crippen LogP contribution in [0.4, 0.5) is 0 Å². The van der Waals surface area contributed by atoms with Crippen molar-refractivity contribution < 1.29 is 19.2 Å². The lowest BCUT2D eigenvalue weighted by molar-refractivity contribution is -0.930. The van der Waals surface area contributed by atoms with Crippen LogP contribution in [-0.2, 0) is 16.2 Å². The molecule has 1 aromatic heterocycles. The minimum atomic E-state index is -0.0863. The van der Waals surface area contributed by atoms with Crippen LogP contribution in [0.2, 0.25) is 0 Å². The molecule has 1 aliphatic heterocycles. The van der Waals surface area contributed by atoms with Crippen LogP contribution in [0, 0.1) is 10.7 Å². The van der Waals surface area contributed by atoms with Gasteiger partial charge < -0.3 is 14.4 Å². The molecule has 0 radical (unpaired) electrons. The van der Waals surface area contributed by atoms with E-state index in [1.54, 1.807) is 7.11 Å². The van der Waals surface area contributed by atoms with E-state index in [1.807, 2.05) is 35.9 Å². The molecule has 2 heterocycles. The van der Waals surface area contributed by atoms with Gasteiger partial charge in [-0.3, -0.25) is 9.89 Å². The van der Waals surface area contributed by atoms with E-state index in [2.05, 4.69) is 10.1 Å². The first-order valence-electron chi connectivity index (χ1n) is 8.92. The van der Waals surface area contributed by atoms with Crippen molar-refractivity contribution in [2.24, 2.45) is 5.92 Å². The Morgan fingerprint density at radius 1 is 1.42 bits per heavy atom. The fraction of sp³-hybridized carbons (Fsp3) is 0.500. The molecule has 2 aromatic rings. The third-order valence-electron chi connectivity index (χ3n) is 4.66. The molecule has 1 aromatic carbocycles. The van der Waals surface area contributed by atoms with Crippen LogP contribution < -0.4 is 9.64 Å². The van der Waals surface area contributed by atoms with Gasteiger partial charge in [-0.1, -0.05) is 0 Å². The van der Waals surface area contributed by atoms with Crippen molar-refractivity contribution in [3.05, 3.63) is 29.0 Å². The van der Waals surface area contributed by atoms with Gasteiger partial charge in [0.05, 0.1) is 26.8 Å².